The number of hydrogen-bond donors (Lipinski definition) is 3. The normalized spacial score (nSPS) is 12.9. The van der Waals surface area contributed by atoms with Gasteiger partial charge in [0, 0.05) is 31.1 Å². The summed E-state index contributed by atoms with van der Waals surface area (Å²) < 4.78 is 0. The van der Waals surface area contributed by atoms with Crippen LogP contribution < -0.4 is 16.0 Å². The van der Waals surface area contributed by atoms with Crippen molar-refractivity contribution in [3.8, 4) is 0 Å². The van der Waals surface area contributed by atoms with E-state index in [-0.39, 0.29) is 17.9 Å². The average molecular weight is 325 g/mol. The second-order valence-electron chi connectivity index (χ2n) is 5.33. The highest BCUT2D eigenvalue weighted by Gasteiger charge is 2.10. The molecule has 1 amide bonds. The number of hydrogen-bond acceptors (Lipinski definition) is 2. The highest BCUT2D eigenvalue weighted by molar-refractivity contribution is 6.31. The lowest BCUT2D eigenvalue weighted by Crippen LogP contribution is -2.42. The maximum Gasteiger partial charge on any atom is 0.222 e. The van der Waals surface area contributed by atoms with E-state index in [2.05, 4.69) is 20.9 Å². The van der Waals surface area contributed by atoms with E-state index >= 15 is 0 Å². The Morgan fingerprint density at radius 2 is 1.82 bits per heavy atom. The standard InChI is InChI=1S/C16H25ClN4O/c1-11(2)15(22)19-9-10-20-16(18-4)21-12(3)13-7-5-6-8-14(13)17/h5-8,11-12H,9-10H2,1-4H3,(H,19,22)(H2,18,20,21). The average Bonchev–Trinajstić information content (AvgIpc) is 2.50. The minimum atomic E-state index is -0.00215. The van der Waals surface area contributed by atoms with Crippen LogP contribution in [0.1, 0.15) is 32.4 Å². The van der Waals surface area contributed by atoms with Crippen molar-refractivity contribution in [3.63, 3.8) is 0 Å². The summed E-state index contributed by atoms with van der Waals surface area (Å²) in [7, 11) is 1.71. The Morgan fingerprint density at radius 3 is 2.41 bits per heavy atom. The summed E-state index contributed by atoms with van der Waals surface area (Å²) in [6.45, 7) is 6.92. The van der Waals surface area contributed by atoms with Crippen LogP contribution in [0.2, 0.25) is 5.02 Å². The fourth-order valence-corrected chi connectivity index (χ4v) is 2.17. The van der Waals surface area contributed by atoms with Crippen LogP contribution in [-0.2, 0) is 4.79 Å². The van der Waals surface area contributed by atoms with Gasteiger partial charge in [-0.05, 0) is 18.6 Å². The third-order valence-electron chi connectivity index (χ3n) is 3.19. The molecule has 0 aromatic heterocycles. The molecule has 6 heteroatoms. The van der Waals surface area contributed by atoms with Crippen LogP contribution in [0.4, 0.5) is 0 Å². The third-order valence-corrected chi connectivity index (χ3v) is 3.53. The van der Waals surface area contributed by atoms with E-state index in [1.807, 2.05) is 45.0 Å². The Balaban J connectivity index is 2.43. The summed E-state index contributed by atoms with van der Waals surface area (Å²) in [5.41, 5.74) is 1.01. The number of rotatable bonds is 6. The van der Waals surface area contributed by atoms with Gasteiger partial charge in [0.05, 0.1) is 6.04 Å². The van der Waals surface area contributed by atoms with Gasteiger partial charge in [0.2, 0.25) is 5.91 Å². The quantitative estimate of drug-likeness (QED) is 0.427. The topological polar surface area (TPSA) is 65.5 Å². The van der Waals surface area contributed by atoms with E-state index in [1.165, 1.54) is 0 Å². The van der Waals surface area contributed by atoms with E-state index < -0.39 is 0 Å². The molecule has 1 aromatic rings. The number of amides is 1. The summed E-state index contributed by atoms with van der Waals surface area (Å²) in [5, 5.41) is 10.0. The molecule has 0 fully saturated rings. The molecule has 0 heterocycles. The van der Waals surface area contributed by atoms with Gasteiger partial charge in [-0.15, -0.1) is 0 Å². The van der Waals surface area contributed by atoms with Gasteiger partial charge in [-0.25, -0.2) is 0 Å². The van der Waals surface area contributed by atoms with Gasteiger partial charge in [-0.3, -0.25) is 9.79 Å². The maximum atomic E-state index is 11.5. The van der Waals surface area contributed by atoms with Crippen LogP contribution in [0.25, 0.3) is 0 Å². The van der Waals surface area contributed by atoms with Crippen LogP contribution in [0.15, 0.2) is 29.3 Å². The fraction of sp³-hybridized carbons (Fsp3) is 0.500. The molecule has 1 aromatic carbocycles. The summed E-state index contributed by atoms with van der Waals surface area (Å²) >= 11 is 6.19. The first-order valence-corrected chi connectivity index (χ1v) is 7.82. The molecule has 0 aliphatic rings. The smallest absolute Gasteiger partial charge is 0.222 e. The summed E-state index contributed by atoms with van der Waals surface area (Å²) in [6, 6.07) is 7.74. The lowest BCUT2D eigenvalue weighted by molar-refractivity contribution is -0.123. The van der Waals surface area contributed by atoms with Crippen molar-refractivity contribution in [2.24, 2.45) is 10.9 Å². The molecule has 0 spiro atoms. The lowest BCUT2D eigenvalue weighted by atomic mass is 10.1. The third kappa shape index (κ3) is 5.93. The van der Waals surface area contributed by atoms with Gasteiger partial charge in [0.25, 0.3) is 0 Å². The molecule has 0 saturated carbocycles. The van der Waals surface area contributed by atoms with Crippen LogP contribution >= 0.6 is 11.6 Å². The first-order valence-electron chi connectivity index (χ1n) is 7.45. The molecule has 0 bridgehead atoms. The van der Waals surface area contributed by atoms with E-state index in [1.54, 1.807) is 7.05 Å². The molecule has 122 valence electrons. The minimum absolute atomic E-state index is 0.00215. The molecule has 0 saturated heterocycles. The zero-order chi connectivity index (χ0) is 16.5. The maximum absolute atomic E-state index is 11.5. The number of nitrogens with zero attached hydrogens (tertiary/aromatic N) is 1. The molecule has 0 aliphatic carbocycles. The largest absolute Gasteiger partial charge is 0.355 e. The Hall–Kier alpha value is -1.75. The van der Waals surface area contributed by atoms with Crippen molar-refractivity contribution >= 4 is 23.5 Å². The van der Waals surface area contributed by atoms with Crippen molar-refractivity contribution < 1.29 is 4.79 Å². The van der Waals surface area contributed by atoms with E-state index in [9.17, 15) is 4.79 Å². The first kappa shape index (κ1) is 18.3. The number of nitrogens with one attached hydrogen (secondary N) is 3. The van der Waals surface area contributed by atoms with E-state index in [4.69, 9.17) is 11.6 Å². The van der Waals surface area contributed by atoms with Crippen molar-refractivity contribution in [3.05, 3.63) is 34.9 Å². The predicted molar refractivity (Wildman–Crippen MR) is 92.2 cm³/mol. The van der Waals surface area contributed by atoms with E-state index in [0.29, 0.717) is 19.0 Å². The van der Waals surface area contributed by atoms with Crippen molar-refractivity contribution in [2.45, 2.75) is 26.8 Å². The Labute approximate surface area is 137 Å². The number of aliphatic imine (C=N–C) groups is 1. The zero-order valence-electron chi connectivity index (χ0n) is 13.6. The number of benzene rings is 1. The number of halogens is 1. The predicted octanol–water partition coefficient (Wildman–Crippen LogP) is 2.34. The number of carbonyl (C=O) groups excluding carboxylic acids is 1. The van der Waals surface area contributed by atoms with Gasteiger partial charge < -0.3 is 16.0 Å². The van der Waals surface area contributed by atoms with Gasteiger partial charge in [0.15, 0.2) is 5.96 Å². The van der Waals surface area contributed by atoms with Crippen LogP contribution in [0.5, 0.6) is 0 Å². The highest BCUT2D eigenvalue weighted by atomic mass is 35.5. The molecule has 0 aliphatic heterocycles. The minimum Gasteiger partial charge on any atom is -0.355 e. The number of guanidine groups is 1. The fourth-order valence-electron chi connectivity index (χ4n) is 1.87. The Bertz CT molecular complexity index is 517. The van der Waals surface area contributed by atoms with Crippen molar-refractivity contribution in [1.82, 2.24) is 16.0 Å². The Morgan fingerprint density at radius 1 is 1.18 bits per heavy atom. The first-order chi connectivity index (χ1) is 10.5. The second kappa shape index (κ2) is 9.30. The zero-order valence-corrected chi connectivity index (χ0v) is 14.4. The molecule has 5 nitrogen and oxygen atoms in total. The van der Waals surface area contributed by atoms with Gasteiger partial charge in [0.1, 0.15) is 0 Å². The lowest BCUT2D eigenvalue weighted by Gasteiger charge is -2.19. The van der Waals surface area contributed by atoms with Crippen LogP contribution in [0, 0.1) is 5.92 Å². The molecule has 0 radical (unpaired) electrons. The SMILES string of the molecule is CN=C(NCCNC(=O)C(C)C)NC(C)c1ccccc1Cl. The molecule has 1 atom stereocenters. The summed E-state index contributed by atoms with van der Waals surface area (Å²) in [6.07, 6.45) is 0. The van der Waals surface area contributed by atoms with E-state index in [0.717, 1.165) is 10.6 Å². The van der Waals surface area contributed by atoms with Crippen LogP contribution in [-0.4, -0.2) is 32.0 Å². The summed E-state index contributed by atoms with van der Waals surface area (Å²) in [5.74, 6) is 0.720. The van der Waals surface area contributed by atoms with Crippen molar-refractivity contribution in [1.29, 1.82) is 0 Å². The molecular formula is C16H25ClN4O. The Kier molecular flexibility index (Phi) is 7.74. The molecule has 22 heavy (non-hydrogen) atoms. The molecule has 1 rings (SSSR count). The molecule has 3 N–H and O–H groups in total. The monoisotopic (exact) mass is 324 g/mol. The van der Waals surface area contributed by atoms with Gasteiger partial charge >= 0.3 is 0 Å². The molecule has 1 unspecified atom stereocenters. The second-order valence-corrected chi connectivity index (χ2v) is 5.74. The molecular weight excluding hydrogens is 300 g/mol. The van der Waals surface area contributed by atoms with Gasteiger partial charge in [-0.1, -0.05) is 43.6 Å². The summed E-state index contributed by atoms with van der Waals surface area (Å²) in [4.78, 5) is 15.6. The number of carbonyl (C=O) groups is 1. The highest BCUT2D eigenvalue weighted by Crippen LogP contribution is 2.21. The van der Waals surface area contributed by atoms with Gasteiger partial charge in [-0.2, -0.15) is 0 Å². The van der Waals surface area contributed by atoms with Crippen molar-refractivity contribution in [2.75, 3.05) is 20.1 Å². The van der Waals surface area contributed by atoms with Crippen LogP contribution in [0.3, 0.4) is 0 Å².